The normalized spacial score (nSPS) is 14.4. The average Bonchev–Trinajstić information content (AvgIpc) is 3.09. The zero-order valence-corrected chi connectivity index (χ0v) is 18.5. The van der Waals surface area contributed by atoms with Crippen LogP contribution < -0.4 is 5.32 Å². The molecule has 4 nitrogen and oxygen atoms in total. The van der Waals surface area contributed by atoms with Gasteiger partial charge in [-0.1, -0.05) is 23.7 Å². The fraction of sp³-hybridized carbons (Fsp3) is 0.474. The lowest BCUT2D eigenvalue weighted by atomic mass is 9.93. The standard InChI is InChI=1S/C19H24ClN3OS.2ClH/c1-21-9-6-14-7-10-23(11-8-14)18(24)12-17-13-25-19(22-17)15-2-4-16(20)5-3-15;;/h2-5,13-14,21H,6-12H2,1H3;2*1H. The first-order valence-electron chi connectivity index (χ1n) is 8.78. The number of carbonyl (C=O) groups is 1. The first-order chi connectivity index (χ1) is 12.2. The topological polar surface area (TPSA) is 45.2 Å². The number of nitrogens with zero attached hydrogens (tertiary/aromatic N) is 2. The first kappa shape index (κ1) is 24.2. The minimum absolute atomic E-state index is 0. The van der Waals surface area contributed by atoms with Gasteiger partial charge in [0.05, 0.1) is 12.1 Å². The van der Waals surface area contributed by atoms with Crippen molar-refractivity contribution in [1.82, 2.24) is 15.2 Å². The van der Waals surface area contributed by atoms with Gasteiger partial charge in [0, 0.05) is 29.1 Å². The number of halogens is 3. The molecule has 1 amide bonds. The molecule has 1 aliphatic heterocycles. The number of benzene rings is 1. The predicted octanol–water partition coefficient (Wildman–Crippen LogP) is 4.70. The summed E-state index contributed by atoms with van der Waals surface area (Å²) in [6.45, 7) is 2.81. The number of nitrogens with one attached hydrogen (secondary N) is 1. The van der Waals surface area contributed by atoms with E-state index in [-0.39, 0.29) is 30.7 Å². The maximum absolute atomic E-state index is 12.5. The van der Waals surface area contributed by atoms with E-state index in [1.54, 1.807) is 11.3 Å². The predicted molar refractivity (Wildman–Crippen MR) is 119 cm³/mol. The molecule has 27 heavy (non-hydrogen) atoms. The van der Waals surface area contributed by atoms with Crippen molar-refractivity contribution in [2.75, 3.05) is 26.7 Å². The molecule has 0 atom stereocenters. The van der Waals surface area contributed by atoms with Crippen LogP contribution in [-0.2, 0) is 11.2 Å². The summed E-state index contributed by atoms with van der Waals surface area (Å²) < 4.78 is 0. The van der Waals surface area contributed by atoms with Crippen molar-refractivity contribution < 1.29 is 4.79 Å². The van der Waals surface area contributed by atoms with Crippen LogP contribution in [0.25, 0.3) is 10.6 Å². The molecule has 1 aromatic carbocycles. The Hall–Kier alpha value is -0.850. The summed E-state index contributed by atoms with van der Waals surface area (Å²) in [6.07, 6.45) is 3.82. The van der Waals surface area contributed by atoms with E-state index < -0.39 is 0 Å². The van der Waals surface area contributed by atoms with Gasteiger partial charge in [0.2, 0.25) is 5.91 Å². The average molecular weight is 451 g/mol. The van der Waals surface area contributed by atoms with E-state index in [0.717, 1.165) is 54.7 Å². The number of carbonyl (C=O) groups excluding carboxylic acids is 1. The van der Waals surface area contributed by atoms with E-state index in [1.807, 2.05) is 41.6 Å². The molecule has 0 aliphatic carbocycles. The third-order valence-electron chi connectivity index (χ3n) is 4.75. The fourth-order valence-corrected chi connectivity index (χ4v) is 4.15. The Morgan fingerprint density at radius 1 is 1.26 bits per heavy atom. The Bertz CT molecular complexity index is 700. The quantitative estimate of drug-likeness (QED) is 0.694. The van der Waals surface area contributed by atoms with Crippen LogP contribution in [0.5, 0.6) is 0 Å². The lowest BCUT2D eigenvalue weighted by Gasteiger charge is -2.32. The zero-order chi connectivity index (χ0) is 17.6. The molecule has 1 N–H and O–H groups in total. The highest BCUT2D eigenvalue weighted by molar-refractivity contribution is 7.13. The zero-order valence-electron chi connectivity index (χ0n) is 15.3. The van der Waals surface area contributed by atoms with Crippen molar-refractivity contribution in [3.05, 3.63) is 40.4 Å². The van der Waals surface area contributed by atoms with Gasteiger partial charge in [-0.3, -0.25) is 4.79 Å². The second-order valence-corrected chi connectivity index (χ2v) is 7.84. The van der Waals surface area contributed by atoms with Gasteiger partial charge in [0.1, 0.15) is 5.01 Å². The SMILES string of the molecule is CNCCC1CCN(C(=O)Cc2csc(-c3ccc(Cl)cc3)n2)CC1.Cl.Cl. The van der Waals surface area contributed by atoms with Crippen molar-refractivity contribution in [3.8, 4) is 10.6 Å². The van der Waals surface area contributed by atoms with E-state index in [0.29, 0.717) is 11.4 Å². The highest BCUT2D eigenvalue weighted by Crippen LogP contribution is 2.26. The van der Waals surface area contributed by atoms with Crippen molar-refractivity contribution in [2.45, 2.75) is 25.7 Å². The van der Waals surface area contributed by atoms with Gasteiger partial charge in [-0.25, -0.2) is 4.98 Å². The Morgan fingerprint density at radius 2 is 1.93 bits per heavy atom. The van der Waals surface area contributed by atoms with Gasteiger partial charge < -0.3 is 10.2 Å². The van der Waals surface area contributed by atoms with Crippen LogP contribution in [0.2, 0.25) is 5.02 Å². The van der Waals surface area contributed by atoms with Crippen molar-refractivity contribution in [1.29, 1.82) is 0 Å². The summed E-state index contributed by atoms with van der Waals surface area (Å²) >= 11 is 7.50. The van der Waals surface area contributed by atoms with Crippen molar-refractivity contribution >= 4 is 53.7 Å². The summed E-state index contributed by atoms with van der Waals surface area (Å²) in [5, 5.41) is 6.85. The highest BCUT2D eigenvalue weighted by atomic mass is 35.5. The van der Waals surface area contributed by atoms with Crippen molar-refractivity contribution in [3.63, 3.8) is 0 Å². The number of thiazole rings is 1. The number of amides is 1. The number of hydrogen-bond acceptors (Lipinski definition) is 4. The first-order valence-corrected chi connectivity index (χ1v) is 10.0. The molecule has 150 valence electrons. The van der Waals surface area contributed by atoms with Gasteiger partial charge in [-0.2, -0.15) is 0 Å². The van der Waals surface area contributed by atoms with Gasteiger partial charge in [-0.15, -0.1) is 36.2 Å². The van der Waals surface area contributed by atoms with Gasteiger partial charge >= 0.3 is 0 Å². The smallest absolute Gasteiger partial charge is 0.228 e. The summed E-state index contributed by atoms with van der Waals surface area (Å²) in [7, 11) is 1.99. The van der Waals surface area contributed by atoms with E-state index in [2.05, 4.69) is 10.3 Å². The molecule has 0 spiro atoms. The third kappa shape index (κ3) is 6.91. The monoisotopic (exact) mass is 449 g/mol. The van der Waals surface area contributed by atoms with Crippen LogP contribution in [0, 0.1) is 5.92 Å². The van der Waals surface area contributed by atoms with Crippen LogP contribution in [-0.4, -0.2) is 42.5 Å². The van der Waals surface area contributed by atoms with Crippen molar-refractivity contribution in [2.24, 2.45) is 5.92 Å². The molecular formula is C19H26Cl3N3OS. The van der Waals surface area contributed by atoms with E-state index in [9.17, 15) is 4.79 Å². The Kier molecular flexibility index (Phi) is 10.6. The molecule has 0 bridgehead atoms. The molecule has 0 radical (unpaired) electrons. The van der Waals surface area contributed by atoms with Crippen LogP contribution >= 0.6 is 47.8 Å². The third-order valence-corrected chi connectivity index (χ3v) is 5.94. The molecule has 1 aliphatic rings. The molecule has 2 aromatic rings. The number of hydrogen-bond donors (Lipinski definition) is 1. The van der Waals surface area contributed by atoms with E-state index >= 15 is 0 Å². The molecule has 2 heterocycles. The summed E-state index contributed by atoms with van der Waals surface area (Å²) in [6, 6.07) is 7.65. The largest absolute Gasteiger partial charge is 0.342 e. The number of aromatic nitrogens is 1. The molecule has 8 heteroatoms. The lowest BCUT2D eigenvalue weighted by molar-refractivity contribution is -0.131. The minimum Gasteiger partial charge on any atom is -0.342 e. The van der Waals surface area contributed by atoms with E-state index in [1.165, 1.54) is 6.42 Å². The Morgan fingerprint density at radius 3 is 2.56 bits per heavy atom. The molecule has 3 rings (SSSR count). The Balaban J connectivity index is 0.00000182. The highest BCUT2D eigenvalue weighted by Gasteiger charge is 2.23. The molecule has 1 aromatic heterocycles. The van der Waals surface area contributed by atoms with Gasteiger partial charge in [0.25, 0.3) is 0 Å². The van der Waals surface area contributed by atoms with Crippen LogP contribution in [0.1, 0.15) is 25.0 Å². The fourth-order valence-electron chi connectivity index (χ4n) is 3.20. The number of likely N-dealkylation sites (tertiary alicyclic amines) is 1. The number of piperidine rings is 1. The maximum Gasteiger partial charge on any atom is 0.228 e. The van der Waals surface area contributed by atoms with Crippen LogP contribution in [0.4, 0.5) is 0 Å². The number of rotatable bonds is 6. The summed E-state index contributed by atoms with van der Waals surface area (Å²) in [4.78, 5) is 19.2. The minimum atomic E-state index is 0. The molecule has 1 saturated heterocycles. The van der Waals surface area contributed by atoms with Crippen LogP contribution in [0.15, 0.2) is 29.6 Å². The lowest BCUT2D eigenvalue weighted by Crippen LogP contribution is -2.39. The second kappa shape index (κ2) is 11.9. The van der Waals surface area contributed by atoms with Gasteiger partial charge in [-0.05, 0) is 50.9 Å². The Labute approximate surface area is 182 Å². The summed E-state index contributed by atoms with van der Waals surface area (Å²) in [5.41, 5.74) is 1.90. The maximum atomic E-state index is 12.5. The van der Waals surface area contributed by atoms with Gasteiger partial charge in [0.15, 0.2) is 0 Å². The molecule has 0 saturated carbocycles. The van der Waals surface area contributed by atoms with E-state index in [4.69, 9.17) is 11.6 Å². The molecule has 0 unspecified atom stereocenters. The summed E-state index contributed by atoms with van der Waals surface area (Å²) in [5.74, 6) is 0.937. The molecule has 1 fully saturated rings. The van der Waals surface area contributed by atoms with Crippen LogP contribution in [0.3, 0.4) is 0 Å². The second-order valence-electron chi connectivity index (χ2n) is 6.54. The molecular weight excluding hydrogens is 425 g/mol.